The van der Waals surface area contributed by atoms with E-state index in [9.17, 15) is 13.2 Å². The van der Waals surface area contributed by atoms with Crippen LogP contribution in [0.3, 0.4) is 0 Å². The second-order valence-electron chi connectivity index (χ2n) is 4.09. The molecule has 0 saturated heterocycles. The normalized spacial score (nSPS) is 12.8. The minimum absolute atomic E-state index is 0.107. The van der Waals surface area contributed by atoms with Crippen molar-refractivity contribution in [2.45, 2.75) is 19.4 Å². The summed E-state index contributed by atoms with van der Waals surface area (Å²) in [6.07, 6.45) is -0.179. The number of methoxy groups -OCH3 is 1. The van der Waals surface area contributed by atoms with Crippen LogP contribution in [0.25, 0.3) is 0 Å². The molecule has 0 spiro atoms. The van der Waals surface area contributed by atoms with Crippen LogP contribution in [0.1, 0.15) is 12.5 Å². The second-order valence-corrected chi connectivity index (χ2v) is 5.69. The Hall–Kier alpha value is -1.60. The number of ether oxygens (including phenoxy) is 2. The fourth-order valence-corrected chi connectivity index (χ4v) is 2.15. The van der Waals surface area contributed by atoms with Gasteiger partial charge in [-0.1, -0.05) is 12.1 Å². The highest BCUT2D eigenvalue weighted by Crippen LogP contribution is 2.15. The number of esters is 1. The molecule has 0 radical (unpaired) electrons. The molecule has 0 aromatic heterocycles. The molecule has 112 valence electrons. The molecule has 6 nitrogen and oxygen atoms in total. The molecular formula is C13H18O6S. The van der Waals surface area contributed by atoms with Crippen LogP contribution < -0.4 is 4.74 Å². The Morgan fingerprint density at radius 2 is 1.85 bits per heavy atom. The number of carbonyl (C=O) groups excluding carboxylic acids is 1. The summed E-state index contributed by atoms with van der Waals surface area (Å²) in [4.78, 5) is 11.7. The van der Waals surface area contributed by atoms with Crippen LogP contribution in [-0.4, -0.2) is 40.5 Å². The van der Waals surface area contributed by atoms with Crippen molar-refractivity contribution in [3.8, 4) is 5.75 Å². The topological polar surface area (TPSA) is 78.9 Å². The molecule has 1 aromatic carbocycles. The van der Waals surface area contributed by atoms with Gasteiger partial charge >= 0.3 is 5.97 Å². The van der Waals surface area contributed by atoms with Gasteiger partial charge < -0.3 is 9.47 Å². The second kappa shape index (κ2) is 7.25. The zero-order chi connectivity index (χ0) is 15.2. The molecule has 1 atom stereocenters. The lowest BCUT2D eigenvalue weighted by atomic mass is 10.1. The maximum atomic E-state index is 11.7. The lowest BCUT2D eigenvalue weighted by Crippen LogP contribution is -2.31. The van der Waals surface area contributed by atoms with Crippen molar-refractivity contribution >= 4 is 16.1 Å². The Morgan fingerprint density at radius 1 is 1.25 bits per heavy atom. The highest BCUT2D eigenvalue weighted by molar-refractivity contribution is 7.86. The van der Waals surface area contributed by atoms with Gasteiger partial charge in [0.15, 0.2) is 6.10 Å². The van der Waals surface area contributed by atoms with Gasteiger partial charge in [0.25, 0.3) is 10.1 Å². The summed E-state index contributed by atoms with van der Waals surface area (Å²) in [5.41, 5.74) is 0.743. The quantitative estimate of drug-likeness (QED) is 0.555. The SMILES string of the molecule is CCOC(=O)C(Cc1ccc(OC)cc1)OS(C)(=O)=O. The van der Waals surface area contributed by atoms with Crippen LogP contribution in [0.15, 0.2) is 24.3 Å². The minimum atomic E-state index is -3.75. The molecule has 1 rings (SSSR count). The summed E-state index contributed by atoms with van der Waals surface area (Å²) in [6, 6.07) is 6.91. The van der Waals surface area contributed by atoms with Gasteiger partial charge in [0.2, 0.25) is 0 Å². The first-order chi connectivity index (χ1) is 9.35. The first-order valence-electron chi connectivity index (χ1n) is 6.03. The van der Waals surface area contributed by atoms with Gasteiger partial charge in [-0.05, 0) is 24.6 Å². The highest BCUT2D eigenvalue weighted by Gasteiger charge is 2.25. The van der Waals surface area contributed by atoms with Crippen LogP contribution in [0, 0.1) is 0 Å². The molecule has 7 heteroatoms. The minimum Gasteiger partial charge on any atom is -0.497 e. The Labute approximate surface area is 118 Å². The lowest BCUT2D eigenvalue weighted by molar-refractivity contribution is -0.151. The van der Waals surface area contributed by atoms with Crippen molar-refractivity contribution in [2.24, 2.45) is 0 Å². The predicted molar refractivity (Wildman–Crippen MR) is 73.0 cm³/mol. The monoisotopic (exact) mass is 302 g/mol. The molecule has 1 unspecified atom stereocenters. The average Bonchev–Trinajstić information content (AvgIpc) is 2.37. The van der Waals surface area contributed by atoms with E-state index in [1.165, 1.54) is 0 Å². The summed E-state index contributed by atoms with van der Waals surface area (Å²) in [5, 5.41) is 0. The van der Waals surface area contributed by atoms with E-state index < -0.39 is 22.2 Å². The van der Waals surface area contributed by atoms with Crippen molar-refractivity contribution in [3.63, 3.8) is 0 Å². The molecule has 0 aliphatic carbocycles. The number of rotatable bonds is 7. The Kier molecular flexibility index (Phi) is 5.97. The molecular weight excluding hydrogens is 284 g/mol. The molecule has 0 amide bonds. The summed E-state index contributed by atoms with van der Waals surface area (Å²) in [7, 11) is -2.20. The zero-order valence-corrected chi connectivity index (χ0v) is 12.5. The van der Waals surface area contributed by atoms with E-state index in [2.05, 4.69) is 0 Å². The molecule has 0 saturated carbocycles. The molecule has 0 bridgehead atoms. The molecule has 0 aliphatic rings. The van der Waals surface area contributed by atoms with Gasteiger partial charge in [-0.15, -0.1) is 0 Å². The van der Waals surface area contributed by atoms with Gasteiger partial charge in [0.1, 0.15) is 5.75 Å². The van der Waals surface area contributed by atoms with E-state index in [4.69, 9.17) is 13.7 Å². The van der Waals surface area contributed by atoms with E-state index in [0.717, 1.165) is 11.8 Å². The van der Waals surface area contributed by atoms with E-state index in [1.807, 2.05) is 0 Å². The first-order valence-corrected chi connectivity index (χ1v) is 7.85. The van der Waals surface area contributed by atoms with Crippen molar-refractivity contribution in [1.29, 1.82) is 0 Å². The van der Waals surface area contributed by atoms with Crippen molar-refractivity contribution < 1.29 is 26.9 Å². The number of hydrogen-bond acceptors (Lipinski definition) is 6. The highest BCUT2D eigenvalue weighted by atomic mass is 32.2. The maximum absolute atomic E-state index is 11.7. The third-order valence-electron chi connectivity index (χ3n) is 2.42. The fraction of sp³-hybridized carbons (Fsp3) is 0.462. The smallest absolute Gasteiger partial charge is 0.337 e. The summed E-state index contributed by atoms with van der Waals surface area (Å²) in [6.45, 7) is 1.80. The van der Waals surface area contributed by atoms with Crippen LogP contribution in [-0.2, 0) is 30.3 Å². The lowest BCUT2D eigenvalue weighted by Gasteiger charge is -2.15. The van der Waals surface area contributed by atoms with Crippen LogP contribution in [0.5, 0.6) is 5.75 Å². The van der Waals surface area contributed by atoms with Gasteiger partial charge in [-0.2, -0.15) is 8.42 Å². The summed E-state index contributed by atoms with van der Waals surface area (Å²) < 4.78 is 37.0. The Balaban J connectivity index is 2.84. The van der Waals surface area contributed by atoms with Crippen molar-refractivity contribution in [1.82, 2.24) is 0 Å². The van der Waals surface area contributed by atoms with E-state index in [1.54, 1.807) is 38.3 Å². The van der Waals surface area contributed by atoms with E-state index >= 15 is 0 Å². The average molecular weight is 302 g/mol. The summed E-state index contributed by atoms with van der Waals surface area (Å²) in [5.74, 6) is -0.0285. The van der Waals surface area contributed by atoms with E-state index in [0.29, 0.717) is 5.75 Å². The molecule has 0 fully saturated rings. The standard InChI is InChI=1S/C13H18O6S/c1-4-18-13(14)12(19-20(3,15)16)9-10-5-7-11(17-2)8-6-10/h5-8,12H,4,9H2,1-3H3. The fourth-order valence-electron chi connectivity index (χ4n) is 1.58. The molecule has 0 aliphatic heterocycles. The van der Waals surface area contributed by atoms with Crippen LogP contribution >= 0.6 is 0 Å². The molecule has 1 aromatic rings. The number of benzene rings is 1. The molecule has 0 heterocycles. The third-order valence-corrected chi connectivity index (χ3v) is 3.00. The molecule has 20 heavy (non-hydrogen) atoms. The summed E-state index contributed by atoms with van der Waals surface area (Å²) >= 11 is 0. The van der Waals surface area contributed by atoms with Crippen molar-refractivity contribution in [3.05, 3.63) is 29.8 Å². The largest absolute Gasteiger partial charge is 0.497 e. The van der Waals surface area contributed by atoms with Crippen molar-refractivity contribution in [2.75, 3.05) is 20.0 Å². The van der Waals surface area contributed by atoms with Gasteiger partial charge in [-0.25, -0.2) is 4.79 Å². The van der Waals surface area contributed by atoms with Gasteiger partial charge in [0.05, 0.1) is 20.0 Å². The van der Waals surface area contributed by atoms with Crippen LogP contribution in [0.2, 0.25) is 0 Å². The Morgan fingerprint density at radius 3 is 2.30 bits per heavy atom. The van der Waals surface area contributed by atoms with Gasteiger partial charge in [0, 0.05) is 6.42 Å². The predicted octanol–water partition coefficient (Wildman–Crippen LogP) is 1.15. The maximum Gasteiger partial charge on any atom is 0.337 e. The van der Waals surface area contributed by atoms with E-state index in [-0.39, 0.29) is 13.0 Å². The van der Waals surface area contributed by atoms with Gasteiger partial charge in [-0.3, -0.25) is 4.18 Å². The zero-order valence-electron chi connectivity index (χ0n) is 11.7. The van der Waals surface area contributed by atoms with Crippen LogP contribution in [0.4, 0.5) is 0 Å². The third kappa shape index (κ3) is 5.58. The molecule has 0 N–H and O–H groups in total. The Bertz CT molecular complexity index is 534. The number of hydrogen-bond donors (Lipinski definition) is 0. The number of carbonyl (C=O) groups is 1. The first kappa shape index (κ1) is 16.5.